The first-order valence-corrected chi connectivity index (χ1v) is 6.04. The minimum atomic E-state index is 0.0665. The zero-order chi connectivity index (χ0) is 11.8. The third-order valence-corrected chi connectivity index (χ3v) is 3.05. The Morgan fingerprint density at radius 3 is 3.24 bits per heavy atom. The standard InChI is InChI=1S/C10H10BrN5O/c11-7-5-16-2-1-12-10(16)9(15-7)14-6-3-8(17)13-4-6/h1-2,5-6H,3-4H2,(H,13,17)(H,14,15). The Morgan fingerprint density at radius 2 is 2.47 bits per heavy atom. The molecule has 7 heteroatoms. The van der Waals surface area contributed by atoms with Gasteiger partial charge in [0.25, 0.3) is 0 Å². The van der Waals surface area contributed by atoms with Gasteiger partial charge >= 0.3 is 0 Å². The fourth-order valence-corrected chi connectivity index (χ4v) is 2.30. The van der Waals surface area contributed by atoms with Crippen LogP contribution in [-0.4, -0.2) is 32.9 Å². The maximum atomic E-state index is 11.1. The zero-order valence-electron chi connectivity index (χ0n) is 8.85. The van der Waals surface area contributed by atoms with Gasteiger partial charge in [0, 0.05) is 31.6 Å². The molecule has 1 unspecified atom stereocenters. The molecule has 0 bridgehead atoms. The van der Waals surface area contributed by atoms with Crippen molar-refractivity contribution in [3.8, 4) is 0 Å². The van der Waals surface area contributed by atoms with E-state index >= 15 is 0 Å². The highest BCUT2D eigenvalue weighted by Gasteiger charge is 2.22. The van der Waals surface area contributed by atoms with Crippen LogP contribution in [0.3, 0.4) is 0 Å². The van der Waals surface area contributed by atoms with E-state index in [1.54, 1.807) is 6.20 Å². The van der Waals surface area contributed by atoms with E-state index in [1.807, 2.05) is 16.8 Å². The van der Waals surface area contributed by atoms with Crippen LogP contribution in [0.25, 0.3) is 5.65 Å². The second-order valence-electron chi connectivity index (χ2n) is 3.92. The van der Waals surface area contributed by atoms with Crippen LogP contribution in [0.5, 0.6) is 0 Å². The highest BCUT2D eigenvalue weighted by molar-refractivity contribution is 9.10. The first-order chi connectivity index (χ1) is 8.22. The summed E-state index contributed by atoms with van der Waals surface area (Å²) < 4.78 is 2.60. The Hall–Kier alpha value is -1.63. The molecular formula is C10H10BrN5O. The Labute approximate surface area is 106 Å². The largest absolute Gasteiger partial charge is 0.362 e. The molecule has 1 saturated heterocycles. The van der Waals surface area contributed by atoms with Gasteiger partial charge in [-0.3, -0.25) is 4.79 Å². The predicted molar refractivity (Wildman–Crippen MR) is 65.7 cm³/mol. The van der Waals surface area contributed by atoms with E-state index in [9.17, 15) is 4.79 Å². The quantitative estimate of drug-likeness (QED) is 0.859. The highest BCUT2D eigenvalue weighted by Crippen LogP contribution is 2.18. The molecule has 1 atom stereocenters. The average molecular weight is 296 g/mol. The lowest BCUT2D eigenvalue weighted by molar-refractivity contribution is -0.119. The first kappa shape index (κ1) is 10.5. The van der Waals surface area contributed by atoms with Gasteiger partial charge in [-0.2, -0.15) is 0 Å². The van der Waals surface area contributed by atoms with Crippen molar-refractivity contribution in [2.75, 3.05) is 11.9 Å². The number of amides is 1. The molecule has 0 aliphatic carbocycles. The lowest BCUT2D eigenvalue weighted by Gasteiger charge is -2.12. The maximum Gasteiger partial charge on any atom is 0.222 e. The number of anilines is 1. The highest BCUT2D eigenvalue weighted by atomic mass is 79.9. The van der Waals surface area contributed by atoms with Crippen LogP contribution < -0.4 is 10.6 Å². The normalized spacial score (nSPS) is 19.6. The number of nitrogens with one attached hydrogen (secondary N) is 2. The first-order valence-electron chi connectivity index (χ1n) is 5.25. The van der Waals surface area contributed by atoms with Crippen molar-refractivity contribution in [1.29, 1.82) is 0 Å². The van der Waals surface area contributed by atoms with Gasteiger partial charge in [0.2, 0.25) is 5.91 Å². The predicted octanol–water partition coefficient (Wildman–Crippen LogP) is 0.792. The molecule has 0 spiro atoms. The van der Waals surface area contributed by atoms with Crippen molar-refractivity contribution in [2.24, 2.45) is 0 Å². The Balaban J connectivity index is 1.93. The molecule has 1 amide bonds. The van der Waals surface area contributed by atoms with Crippen molar-refractivity contribution < 1.29 is 4.79 Å². The van der Waals surface area contributed by atoms with Crippen LogP contribution in [0.4, 0.5) is 5.82 Å². The Bertz CT molecular complexity index is 581. The van der Waals surface area contributed by atoms with E-state index in [4.69, 9.17) is 0 Å². The van der Waals surface area contributed by atoms with Crippen molar-refractivity contribution in [3.05, 3.63) is 23.2 Å². The van der Waals surface area contributed by atoms with Crippen LogP contribution in [0, 0.1) is 0 Å². The van der Waals surface area contributed by atoms with Gasteiger partial charge in [-0.1, -0.05) is 0 Å². The van der Waals surface area contributed by atoms with Crippen LogP contribution >= 0.6 is 15.9 Å². The third kappa shape index (κ3) is 1.97. The number of carbonyl (C=O) groups excluding carboxylic acids is 1. The number of nitrogens with zero attached hydrogens (tertiary/aromatic N) is 3. The second kappa shape index (κ2) is 3.99. The van der Waals surface area contributed by atoms with Gasteiger partial charge in [-0.15, -0.1) is 0 Å². The minimum absolute atomic E-state index is 0.0665. The SMILES string of the molecule is O=C1CC(Nc2nc(Br)cn3ccnc23)CN1. The summed E-state index contributed by atoms with van der Waals surface area (Å²) in [6.07, 6.45) is 5.88. The van der Waals surface area contributed by atoms with Crippen LogP contribution in [0.1, 0.15) is 6.42 Å². The molecule has 1 aliphatic heterocycles. The van der Waals surface area contributed by atoms with Gasteiger partial charge in [0.05, 0.1) is 6.04 Å². The van der Waals surface area contributed by atoms with Gasteiger partial charge in [-0.05, 0) is 15.9 Å². The summed E-state index contributed by atoms with van der Waals surface area (Å²) >= 11 is 3.35. The molecule has 0 saturated carbocycles. The van der Waals surface area contributed by atoms with E-state index in [1.165, 1.54) is 0 Å². The molecule has 1 aliphatic rings. The van der Waals surface area contributed by atoms with Gasteiger partial charge < -0.3 is 15.0 Å². The summed E-state index contributed by atoms with van der Waals surface area (Å²) in [7, 11) is 0. The monoisotopic (exact) mass is 295 g/mol. The molecule has 0 aromatic carbocycles. The topological polar surface area (TPSA) is 71.3 Å². The second-order valence-corrected chi connectivity index (χ2v) is 4.73. The number of aromatic nitrogens is 3. The molecule has 6 nitrogen and oxygen atoms in total. The number of fused-ring (bicyclic) bond motifs is 1. The van der Waals surface area contributed by atoms with Crippen molar-refractivity contribution in [2.45, 2.75) is 12.5 Å². The van der Waals surface area contributed by atoms with Crippen molar-refractivity contribution >= 4 is 33.3 Å². The fourth-order valence-electron chi connectivity index (χ4n) is 1.90. The molecule has 3 heterocycles. The van der Waals surface area contributed by atoms with Gasteiger partial charge in [-0.25, -0.2) is 9.97 Å². The Morgan fingerprint density at radius 1 is 1.59 bits per heavy atom. The minimum Gasteiger partial charge on any atom is -0.362 e. The summed E-state index contributed by atoms with van der Waals surface area (Å²) in [6.45, 7) is 0.625. The molecule has 2 aromatic rings. The molecule has 88 valence electrons. The average Bonchev–Trinajstić information content (AvgIpc) is 2.87. The number of hydrogen-bond acceptors (Lipinski definition) is 4. The van der Waals surface area contributed by atoms with Crippen LogP contribution in [-0.2, 0) is 4.79 Å². The third-order valence-electron chi connectivity index (χ3n) is 2.66. The van der Waals surface area contributed by atoms with Crippen LogP contribution in [0.15, 0.2) is 23.2 Å². The summed E-state index contributed by atoms with van der Waals surface area (Å²) in [4.78, 5) is 19.7. The fraction of sp³-hybridized carbons (Fsp3) is 0.300. The van der Waals surface area contributed by atoms with Gasteiger partial charge in [0.1, 0.15) is 4.60 Å². The van der Waals surface area contributed by atoms with Crippen molar-refractivity contribution in [1.82, 2.24) is 19.7 Å². The molecular weight excluding hydrogens is 286 g/mol. The number of rotatable bonds is 2. The van der Waals surface area contributed by atoms with E-state index in [2.05, 4.69) is 36.5 Å². The Kier molecular flexibility index (Phi) is 2.47. The van der Waals surface area contributed by atoms with E-state index in [0.29, 0.717) is 18.8 Å². The summed E-state index contributed by atoms with van der Waals surface area (Å²) in [5.74, 6) is 0.753. The summed E-state index contributed by atoms with van der Waals surface area (Å²) in [6, 6.07) is 0.0739. The summed E-state index contributed by atoms with van der Waals surface area (Å²) in [5, 5.41) is 6.01. The molecule has 17 heavy (non-hydrogen) atoms. The molecule has 3 rings (SSSR count). The smallest absolute Gasteiger partial charge is 0.222 e. The van der Waals surface area contributed by atoms with E-state index in [-0.39, 0.29) is 11.9 Å². The lowest BCUT2D eigenvalue weighted by Crippen LogP contribution is -2.23. The zero-order valence-corrected chi connectivity index (χ0v) is 10.4. The maximum absolute atomic E-state index is 11.1. The van der Waals surface area contributed by atoms with E-state index < -0.39 is 0 Å². The molecule has 2 aromatic heterocycles. The number of carbonyl (C=O) groups is 1. The molecule has 0 radical (unpaired) electrons. The number of hydrogen-bond donors (Lipinski definition) is 2. The summed E-state index contributed by atoms with van der Waals surface area (Å²) in [5.41, 5.74) is 0.757. The van der Waals surface area contributed by atoms with Crippen molar-refractivity contribution in [3.63, 3.8) is 0 Å². The number of imidazole rings is 1. The number of halogens is 1. The van der Waals surface area contributed by atoms with E-state index in [0.717, 1.165) is 10.3 Å². The van der Waals surface area contributed by atoms with Crippen LogP contribution in [0.2, 0.25) is 0 Å². The lowest BCUT2D eigenvalue weighted by atomic mass is 10.2. The molecule has 2 N–H and O–H groups in total. The molecule has 1 fully saturated rings. The van der Waals surface area contributed by atoms with Gasteiger partial charge in [0.15, 0.2) is 11.5 Å².